The van der Waals surface area contributed by atoms with Gasteiger partial charge in [0.15, 0.2) is 0 Å². The lowest BCUT2D eigenvalue weighted by Crippen LogP contribution is -2.24. The van der Waals surface area contributed by atoms with Crippen molar-refractivity contribution in [2.45, 2.75) is 34.2 Å². The number of nitrogens with zero attached hydrogens (tertiary/aromatic N) is 2. The van der Waals surface area contributed by atoms with Gasteiger partial charge in [0.25, 0.3) is 0 Å². The first kappa shape index (κ1) is 11.2. The van der Waals surface area contributed by atoms with Crippen LogP contribution in [0.15, 0.2) is 6.07 Å². The van der Waals surface area contributed by atoms with Crippen molar-refractivity contribution < 1.29 is 0 Å². The molecule has 0 aliphatic rings. The van der Waals surface area contributed by atoms with E-state index in [1.807, 2.05) is 6.92 Å². The van der Waals surface area contributed by atoms with E-state index in [0.717, 1.165) is 31.2 Å². The number of rotatable bonds is 5. The highest BCUT2D eigenvalue weighted by atomic mass is 15.3. The van der Waals surface area contributed by atoms with Gasteiger partial charge >= 0.3 is 0 Å². The van der Waals surface area contributed by atoms with Gasteiger partial charge < -0.3 is 5.32 Å². The Morgan fingerprint density at radius 2 is 2.14 bits per heavy atom. The normalized spacial score (nSPS) is 11.2. The summed E-state index contributed by atoms with van der Waals surface area (Å²) in [7, 11) is 0. The molecule has 1 N–H and O–H groups in total. The van der Waals surface area contributed by atoms with E-state index >= 15 is 0 Å². The third-order valence-corrected chi connectivity index (χ3v) is 2.16. The number of hydrogen-bond acceptors (Lipinski definition) is 2. The minimum absolute atomic E-state index is 0.718. The molecule has 1 aromatic heterocycles. The summed E-state index contributed by atoms with van der Waals surface area (Å²) in [5.74, 6) is 0.718. The fraction of sp³-hybridized carbons (Fsp3) is 0.727. The molecule has 80 valence electrons. The zero-order chi connectivity index (χ0) is 10.6. The third-order valence-electron chi connectivity index (χ3n) is 2.16. The van der Waals surface area contributed by atoms with Crippen LogP contribution in [0.5, 0.6) is 0 Å². The van der Waals surface area contributed by atoms with Crippen LogP contribution in [0.4, 0.5) is 0 Å². The van der Waals surface area contributed by atoms with Crippen molar-refractivity contribution in [3.05, 3.63) is 17.5 Å². The number of nitrogens with one attached hydrogen (secondary N) is 1. The van der Waals surface area contributed by atoms with E-state index < -0.39 is 0 Å². The molecule has 0 unspecified atom stereocenters. The fourth-order valence-corrected chi connectivity index (χ4v) is 1.48. The standard InChI is InChI=1S/C11H21N3/c1-9(2)8-12-5-6-14-11(4)7-10(3)13-14/h7,9,12H,5-6,8H2,1-4H3. The molecule has 0 radical (unpaired) electrons. The molecule has 1 heterocycles. The summed E-state index contributed by atoms with van der Waals surface area (Å²) in [6, 6.07) is 2.11. The average molecular weight is 195 g/mol. The molecule has 0 atom stereocenters. The van der Waals surface area contributed by atoms with Crippen molar-refractivity contribution in [1.29, 1.82) is 0 Å². The minimum Gasteiger partial charge on any atom is -0.315 e. The maximum absolute atomic E-state index is 4.40. The third kappa shape index (κ3) is 3.50. The molecule has 0 aliphatic carbocycles. The largest absolute Gasteiger partial charge is 0.315 e. The summed E-state index contributed by atoms with van der Waals surface area (Å²) < 4.78 is 2.06. The molecule has 14 heavy (non-hydrogen) atoms. The molecule has 1 aromatic rings. The summed E-state index contributed by atoms with van der Waals surface area (Å²) in [4.78, 5) is 0. The van der Waals surface area contributed by atoms with E-state index in [-0.39, 0.29) is 0 Å². The van der Waals surface area contributed by atoms with Crippen molar-refractivity contribution >= 4 is 0 Å². The molecule has 0 fully saturated rings. The van der Waals surface area contributed by atoms with E-state index in [1.165, 1.54) is 5.69 Å². The first-order valence-electron chi connectivity index (χ1n) is 5.31. The zero-order valence-corrected chi connectivity index (χ0v) is 9.67. The van der Waals surface area contributed by atoms with E-state index in [1.54, 1.807) is 0 Å². The van der Waals surface area contributed by atoms with Gasteiger partial charge in [-0.15, -0.1) is 0 Å². The van der Waals surface area contributed by atoms with Crippen LogP contribution in [0.3, 0.4) is 0 Å². The van der Waals surface area contributed by atoms with E-state index in [2.05, 4.69) is 41.9 Å². The van der Waals surface area contributed by atoms with Gasteiger partial charge in [-0.25, -0.2) is 0 Å². The van der Waals surface area contributed by atoms with Gasteiger partial charge in [-0.2, -0.15) is 5.10 Å². The van der Waals surface area contributed by atoms with Gasteiger partial charge in [-0.05, 0) is 32.4 Å². The minimum atomic E-state index is 0.718. The molecule has 0 spiro atoms. The lowest BCUT2D eigenvalue weighted by atomic mass is 10.2. The Hall–Kier alpha value is -0.830. The quantitative estimate of drug-likeness (QED) is 0.725. The van der Waals surface area contributed by atoms with Crippen LogP contribution in [0.25, 0.3) is 0 Å². The van der Waals surface area contributed by atoms with Crippen molar-refractivity contribution in [2.75, 3.05) is 13.1 Å². The van der Waals surface area contributed by atoms with Crippen LogP contribution < -0.4 is 5.32 Å². The Balaban J connectivity index is 2.28. The van der Waals surface area contributed by atoms with Gasteiger partial charge in [0.05, 0.1) is 12.2 Å². The van der Waals surface area contributed by atoms with Crippen molar-refractivity contribution in [3.8, 4) is 0 Å². The second-order valence-corrected chi connectivity index (χ2v) is 4.25. The molecule has 0 bridgehead atoms. The van der Waals surface area contributed by atoms with Gasteiger partial charge in [-0.3, -0.25) is 4.68 Å². The van der Waals surface area contributed by atoms with Gasteiger partial charge in [0, 0.05) is 12.2 Å². The Morgan fingerprint density at radius 1 is 1.43 bits per heavy atom. The Kier molecular flexibility index (Phi) is 4.14. The first-order chi connectivity index (χ1) is 6.59. The smallest absolute Gasteiger partial charge is 0.0596 e. The predicted molar refractivity (Wildman–Crippen MR) is 59.4 cm³/mol. The van der Waals surface area contributed by atoms with Crippen molar-refractivity contribution in [2.24, 2.45) is 5.92 Å². The van der Waals surface area contributed by atoms with Crippen LogP contribution in [0.1, 0.15) is 25.2 Å². The Bertz CT molecular complexity index is 276. The van der Waals surface area contributed by atoms with E-state index in [0.29, 0.717) is 0 Å². The highest BCUT2D eigenvalue weighted by molar-refractivity contribution is 5.06. The molecule has 3 nitrogen and oxygen atoms in total. The monoisotopic (exact) mass is 195 g/mol. The lowest BCUT2D eigenvalue weighted by Gasteiger charge is -2.08. The van der Waals surface area contributed by atoms with Crippen LogP contribution >= 0.6 is 0 Å². The lowest BCUT2D eigenvalue weighted by molar-refractivity contribution is 0.500. The molecule has 0 saturated heterocycles. The average Bonchev–Trinajstić information content (AvgIpc) is 2.39. The van der Waals surface area contributed by atoms with Crippen LogP contribution in [0.2, 0.25) is 0 Å². The van der Waals surface area contributed by atoms with Crippen LogP contribution in [0, 0.1) is 19.8 Å². The Labute approximate surface area is 86.5 Å². The first-order valence-corrected chi connectivity index (χ1v) is 5.31. The molecular formula is C11H21N3. The summed E-state index contributed by atoms with van der Waals surface area (Å²) in [5.41, 5.74) is 2.35. The van der Waals surface area contributed by atoms with Gasteiger partial charge in [0.1, 0.15) is 0 Å². The molecule has 1 rings (SSSR count). The summed E-state index contributed by atoms with van der Waals surface area (Å²) >= 11 is 0. The molecule has 0 aliphatic heterocycles. The van der Waals surface area contributed by atoms with Crippen LogP contribution in [-0.4, -0.2) is 22.9 Å². The maximum atomic E-state index is 4.40. The maximum Gasteiger partial charge on any atom is 0.0596 e. The van der Waals surface area contributed by atoms with Crippen molar-refractivity contribution in [3.63, 3.8) is 0 Å². The summed E-state index contributed by atoms with van der Waals surface area (Å²) in [5, 5.41) is 7.81. The van der Waals surface area contributed by atoms with Crippen LogP contribution in [-0.2, 0) is 6.54 Å². The second-order valence-electron chi connectivity index (χ2n) is 4.25. The predicted octanol–water partition coefficient (Wildman–Crippen LogP) is 1.75. The number of aryl methyl sites for hydroxylation is 2. The Morgan fingerprint density at radius 3 is 2.64 bits per heavy atom. The molecule has 0 amide bonds. The number of hydrogen-bond donors (Lipinski definition) is 1. The van der Waals surface area contributed by atoms with E-state index in [4.69, 9.17) is 0 Å². The SMILES string of the molecule is Cc1cc(C)n(CCNCC(C)C)n1. The molecular weight excluding hydrogens is 174 g/mol. The highest BCUT2D eigenvalue weighted by Crippen LogP contribution is 2.00. The topological polar surface area (TPSA) is 29.9 Å². The van der Waals surface area contributed by atoms with Gasteiger partial charge in [-0.1, -0.05) is 13.8 Å². The molecule has 0 aromatic carbocycles. The highest BCUT2D eigenvalue weighted by Gasteiger charge is 1.99. The summed E-state index contributed by atoms with van der Waals surface area (Å²) in [6.45, 7) is 11.6. The zero-order valence-electron chi connectivity index (χ0n) is 9.67. The van der Waals surface area contributed by atoms with Gasteiger partial charge in [0.2, 0.25) is 0 Å². The molecule has 0 saturated carbocycles. The summed E-state index contributed by atoms with van der Waals surface area (Å²) in [6.07, 6.45) is 0. The van der Waals surface area contributed by atoms with E-state index in [9.17, 15) is 0 Å². The molecule has 3 heteroatoms. The fourth-order valence-electron chi connectivity index (χ4n) is 1.48. The second kappa shape index (κ2) is 5.15. The number of aromatic nitrogens is 2. The van der Waals surface area contributed by atoms with Crippen molar-refractivity contribution in [1.82, 2.24) is 15.1 Å².